The second-order valence-corrected chi connectivity index (χ2v) is 8.94. The van der Waals surface area contributed by atoms with E-state index in [-0.39, 0.29) is 39.1 Å². The summed E-state index contributed by atoms with van der Waals surface area (Å²) in [6, 6.07) is 21.0. The average molecular weight is 483 g/mol. The molecule has 2 atom stereocenters. The number of benzene rings is 2. The molecular formula is C28H39N2O2Ti. The molecule has 2 amide bonds. The molecular weight excluding hydrogens is 444 g/mol. The van der Waals surface area contributed by atoms with E-state index in [1.54, 1.807) is 0 Å². The first-order chi connectivity index (χ1) is 15.3. The minimum atomic E-state index is 0. The SMILES string of the molecule is CCCCC1[C-](NC=O)CC(C)(C)CC1NC=O.[CH2-]c1ccccc1.[CH2-]c1ccccc1.[Ti+3]. The molecule has 2 unspecified atom stereocenters. The van der Waals surface area contributed by atoms with Crippen LogP contribution in [0.4, 0.5) is 0 Å². The summed E-state index contributed by atoms with van der Waals surface area (Å²) in [4.78, 5) is 21.5. The maximum atomic E-state index is 10.8. The molecule has 4 nitrogen and oxygen atoms in total. The van der Waals surface area contributed by atoms with E-state index in [2.05, 4.69) is 45.3 Å². The number of rotatable bonds is 7. The first-order valence-corrected chi connectivity index (χ1v) is 11.3. The molecule has 33 heavy (non-hydrogen) atoms. The van der Waals surface area contributed by atoms with E-state index in [0.717, 1.165) is 62.1 Å². The molecule has 2 aromatic rings. The summed E-state index contributed by atoms with van der Waals surface area (Å²) >= 11 is 0. The molecule has 1 radical (unpaired) electrons. The van der Waals surface area contributed by atoms with E-state index in [4.69, 9.17) is 0 Å². The zero-order chi connectivity index (χ0) is 23.8. The largest absolute Gasteiger partial charge is 3.00 e. The Kier molecular flexibility index (Phi) is 16.2. The van der Waals surface area contributed by atoms with Gasteiger partial charge in [0.25, 0.3) is 0 Å². The molecule has 1 aliphatic rings. The summed E-state index contributed by atoms with van der Waals surface area (Å²) in [6.45, 7) is 13.9. The second-order valence-electron chi connectivity index (χ2n) is 8.94. The van der Waals surface area contributed by atoms with Crippen molar-refractivity contribution in [3.8, 4) is 0 Å². The van der Waals surface area contributed by atoms with E-state index < -0.39 is 0 Å². The van der Waals surface area contributed by atoms with Crippen LogP contribution < -0.4 is 10.6 Å². The topological polar surface area (TPSA) is 58.2 Å². The summed E-state index contributed by atoms with van der Waals surface area (Å²) in [7, 11) is 0. The van der Waals surface area contributed by atoms with E-state index in [1.807, 2.05) is 60.7 Å². The van der Waals surface area contributed by atoms with Crippen LogP contribution in [0.5, 0.6) is 0 Å². The molecule has 0 heterocycles. The van der Waals surface area contributed by atoms with Crippen molar-refractivity contribution >= 4 is 12.8 Å². The summed E-state index contributed by atoms with van der Waals surface area (Å²) in [5.41, 5.74) is 2.26. The average Bonchev–Trinajstić information content (AvgIpc) is 2.75. The van der Waals surface area contributed by atoms with Crippen LogP contribution in [0.1, 0.15) is 64.0 Å². The van der Waals surface area contributed by atoms with Crippen molar-refractivity contribution in [1.29, 1.82) is 0 Å². The van der Waals surface area contributed by atoms with Gasteiger partial charge in [0.1, 0.15) is 0 Å². The van der Waals surface area contributed by atoms with Gasteiger partial charge in [-0.3, -0.25) is 9.59 Å². The molecule has 1 fully saturated rings. The Morgan fingerprint density at radius 3 is 1.85 bits per heavy atom. The Bertz CT molecular complexity index is 694. The van der Waals surface area contributed by atoms with Gasteiger partial charge in [-0.2, -0.15) is 55.7 Å². The molecule has 0 saturated heterocycles. The van der Waals surface area contributed by atoms with Gasteiger partial charge < -0.3 is 10.6 Å². The van der Waals surface area contributed by atoms with Crippen LogP contribution in [0.3, 0.4) is 0 Å². The van der Waals surface area contributed by atoms with E-state index >= 15 is 0 Å². The van der Waals surface area contributed by atoms with E-state index in [0.29, 0.717) is 0 Å². The van der Waals surface area contributed by atoms with Crippen molar-refractivity contribution in [2.75, 3.05) is 0 Å². The van der Waals surface area contributed by atoms with Crippen molar-refractivity contribution in [1.82, 2.24) is 10.6 Å². The van der Waals surface area contributed by atoms with Gasteiger partial charge in [0, 0.05) is 6.04 Å². The van der Waals surface area contributed by atoms with Crippen LogP contribution in [0.2, 0.25) is 0 Å². The second kappa shape index (κ2) is 17.3. The molecule has 177 valence electrons. The Hall–Kier alpha value is -2.17. The minimum absolute atomic E-state index is 0. The zero-order valence-corrected chi connectivity index (χ0v) is 21.9. The van der Waals surface area contributed by atoms with Crippen molar-refractivity contribution in [2.24, 2.45) is 11.3 Å². The van der Waals surface area contributed by atoms with Crippen molar-refractivity contribution in [2.45, 2.75) is 58.9 Å². The monoisotopic (exact) mass is 483 g/mol. The third-order valence-corrected chi connectivity index (χ3v) is 5.46. The Morgan fingerprint density at radius 1 is 0.970 bits per heavy atom. The van der Waals surface area contributed by atoms with Crippen LogP contribution in [0, 0.1) is 31.2 Å². The standard InChI is InChI=1S/C14H25N2O2.2C7H7.Ti/c1-4-5-6-11-12(15-9-17)7-14(2,3)8-13(11)16-10-18;2*1-7-5-3-2-4-6-7;/h9-12H,4-8H2,1-3H3,(H,15,17)(H,16,18);2*2-6H,1H2;/q3*-1;+3. The number of hydrogen-bond acceptors (Lipinski definition) is 2. The minimum Gasteiger partial charge on any atom is -0.505 e. The van der Waals surface area contributed by atoms with Crippen LogP contribution in [-0.2, 0) is 31.3 Å². The maximum absolute atomic E-state index is 10.8. The van der Waals surface area contributed by atoms with Crippen LogP contribution in [0.15, 0.2) is 60.7 Å². The van der Waals surface area contributed by atoms with Crippen LogP contribution >= 0.6 is 0 Å². The third kappa shape index (κ3) is 13.2. The number of hydrogen-bond donors (Lipinski definition) is 2. The number of carbonyl (C=O) groups is 2. The van der Waals surface area contributed by atoms with Gasteiger partial charge in [0.15, 0.2) is 6.41 Å². The molecule has 0 aromatic heterocycles. The van der Waals surface area contributed by atoms with Gasteiger partial charge in [-0.15, -0.1) is 30.2 Å². The molecule has 2 aromatic carbocycles. The third-order valence-electron chi connectivity index (χ3n) is 5.46. The fourth-order valence-electron chi connectivity index (χ4n) is 3.95. The predicted molar refractivity (Wildman–Crippen MR) is 133 cm³/mol. The summed E-state index contributed by atoms with van der Waals surface area (Å²) in [5, 5.41) is 5.80. The fourth-order valence-corrected chi connectivity index (χ4v) is 3.95. The summed E-state index contributed by atoms with van der Waals surface area (Å²) in [5.74, 6) is 0.272. The molecule has 3 rings (SSSR count). The first kappa shape index (κ1) is 30.8. The van der Waals surface area contributed by atoms with Crippen molar-refractivity contribution in [3.05, 3.63) is 91.7 Å². The Labute approximate surface area is 216 Å². The zero-order valence-electron chi connectivity index (χ0n) is 20.3. The predicted octanol–water partition coefficient (Wildman–Crippen LogP) is 5.74. The van der Waals surface area contributed by atoms with Gasteiger partial charge in [-0.1, -0.05) is 57.6 Å². The van der Waals surface area contributed by atoms with Crippen molar-refractivity contribution in [3.63, 3.8) is 0 Å². The molecule has 5 heteroatoms. The van der Waals surface area contributed by atoms with Gasteiger partial charge in [0.2, 0.25) is 6.41 Å². The maximum Gasteiger partial charge on any atom is 3.00 e. The van der Waals surface area contributed by atoms with Gasteiger partial charge in [0.05, 0.1) is 0 Å². The Morgan fingerprint density at radius 2 is 1.48 bits per heavy atom. The van der Waals surface area contributed by atoms with Gasteiger partial charge in [-0.05, 0) is 6.42 Å². The number of carbonyl (C=O) groups excluding carboxylic acids is 2. The van der Waals surface area contributed by atoms with Crippen LogP contribution in [-0.4, -0.2) is 18.9 Å². The first-order valence-electron chi connectivity index (χ1n) is 11.3. The summed E-state index contributed by atoms with van der Waals surface area (Å²) in [6.07, 6.45) is 6.67. The van der Waals surface area contributed by atoms with E-state index in [9.17, 15) is 9.59 Å². The smallest absolute Gasteiger partial charge is 0.505 e. The fraction of sp³-hybridized carbons (Fsp3) is 0.393. The molecule has 2 N–H and O–H groups in total. The normalized spacial score (nSPS) is 18.6. The molecule has 1 aliphatic carbocycles. The van der Waals surface area contributed by atoms with E-state index in [1.165, 1.54) is 0 Å². The number of nitrogens with one attached hydrogen (secondary N) is 2. The quantitative estimate of drug-likeness (QED) is 0.300. The number of unbranched alkanes of at least 4 members (excludes halogenated alkanes) is 1. The summed E-state index contributed by atoms with van der Waals surface area (Å²) < 4.78 is 0. The van der Waals surface area contributed by atoms with Gasteiger partial charge in [-0.25, -0.2) is 6.04 Å². The van der Waals surface area contributed by atoms with Crippen molar-refractivity contribution < 1.29 is 31.3 Å². The van der Waals surface area contributed by atoms with Gasteiger partial charge >= 0.3 is 21.7 Å². The Balaban J connectivity index is 0.000000556. The molecule has 0 aliphatic heterocycles. The molecule has 0 spiro atoms. The number of amides is 2. The molecule has 1 saturated carbocycles. The molecule has 0 bridgehead atoms. The van der Waals surface area contributed by atoms with Crippen LogP contribution in [0.25, 0.3) is 0 Å².